The molecule has 0 aliphatic heterocycles. The Morgan fingerprint density at radius 1 is 1.20 bits per heavy atom. The summed E-state index contributed by atoms with van der Waals surface area (Å²) in [5.74, 6) is -1.01. The van der Waals surface area contributed by atoms with Crippen LogP contribution >= 0.6 is 12.4 Å². The number of benzene rings is 1. The third-order valence-electron chi connectivity index (χ3n) is 2.96. The smallest absolute Gasteiger partial charge is 0.325 e. The Labute approximate surface area is 125 Å². The first-order valence-electron chi connectivity index (χ1n) is 6.34. The van der Waals surface area contributed by atoms with E-state index in [0.717, 1.165) is 0 Å². The topological polar surface area (TPSA) is 69.6 Å². The van der Waals surface area contributed by atoms with Crippen molar-refractivity contribution in [3.8, 4) is 0 Å². The zero-order valence-electron chi connectivity index (χ0n) is 11.9. The molecule has 0 fully saturated rings. The van der Waals surface area contributed by atoms with Crippen molar-refractivity contribution in [3.05, 3.63) is 29.8 Å². The number of carbonyl (C=O) groups excluding carboxylic acids is 1. The van der Waals surface area contributed by atoms with Crippen LogP contribution in [0.15, 0.2) is 24.3 Å². The molecule has 1 aromatic carbocycles. The summed E-state index contributed by atoms with van der Waals surface area (Å²) in [7, 11) is 0. The zero-order valence-corrected chi connectivity index (χ0v) is 12.7. The molecule has 0 saturated heterocycles. The van der Waals surface area contributed by atoms with Crippen LogP contribution in [0.25, 0.3) is 0 Å². The fourth-order valence-corrected chi connectivity index (χ4v) is 2.05. The van der Waals surface area contributed by atoms with Gasteiger partial charge in [-0.1, -0.05) is 26.0 Å². The molecule has 6 heteroatoms. The SMILES string of the molecule is CCN(CC)C(C(=O)O)c1ccc(NC(C)=O)cc1.Cl. The van der Waals surface area contributed by atoms with E-state index < -0.39 is 12.0 Å². The number of likely N-dealkylation sites (N-methyl/N-ethyl adjacent to an activating group) is 1. The molecule has 0 bridgehead atoms. The molecule has 0 saturated carbocycles. The highest BCUT2D eigenvalue weighted by atomic mass is 35.5. The molecule has 20 heavy (non-hydrogen) atoms. The Kier molecular flexibility index (Phi) is 7.87. The van der Waals surface area contributed by atoms with E-state index >= 15 is 0 Å². The van der Waals surface area contributed by atoms with Crippen LogP contribution < -0.4 is 5.32 Å². The van der Waals surface area contributed by atoms with E-state index in [0.29, 0.717) is 24.3 Å². The van der Waals surface area contributed by atoms with Gasteiger partial charge in [0, 0.05) is 12.6 Å². The van der Waals surface area contributed by atoms with Crippen molar-refractivity contribution in [3.63, 3.8) is 0 Å². The van der Waals surface area contributed by atoms with Crippen molar-refractivity contribution in [1.29, 1.82) is 0 Å². The van der Waals surface area contributed by atoms with Crippen LogP contribution in [0.1, 0.15) is 32.4 Å². The summed E-state index contributed by atoms with van der Waals surface area (Å²) in [5.41, 5.74) is 1.38. The molecule has 0 aromatic heterocycles. The molecule has 2 N–H and O–H groups in total. The zero-order chi connectivity index (χ0) is 14.4. The van der Waals surface area contributed by atoms with E-state index in [-0.39, 0.29) is 18.3 Å². The van der Waals surface area contributed by atoms with E-state index in [1.54, 1.807) is 24.3 Å². The quantitative estimate of drug-likeness (QED) is 0.847. The first-order valence-corrected chi connectivity index (χ1v) is 6.34. The van der Waals surface area contributed by atoms with Gasteiger partial charge in [0.25, 0.3) is 0 Å². The fraction of sp³-hybridized carbons (Fsp3) is 0.429. The Hall–Kier alpha value is -1.59. The van der Waals surface area contributed by atoms with Gasteiger partial charge in [-0.15, -0.1) is 12.4 Å². The van der Waals surface area contributed by atoms with Gasteiger partial charge in [0.1, 0.15) is 6.04 Å². The largest absolute Gasteiger partial charge is 0.480 e. The molecule has 1 aromatic rings. The number of halogens is 1. The number of rotatable bonds is 6. The summed E-state index contributed by atoms with van der Waals surface area (Å²) < 4.78 is 0. The average molecular weight is 301 g/mol. The van der Waals surface area contributed by atoms with Crippen LogP contribution in [0.2, 0.25) is 0 Å². The molecule has 112 valence electrons. The molecule has 0 aliphatic carbocycles. The molecule has 0 aliphatic rings. The molecule has 1 atom stereocenters. The highest BCUT2D eigenvalue weighted by molar-refractivity contribution is 5.88. The van der Waals surface area contributed by atoms with Crippen LogP contribution in [0.3, 0.4) is 0 Å². The van der Waals surface area contributed by atoms with Gasteiger partial charge in [-0.25, -0.2) is 0 Å². The van der Waals surface area contributed by atoms with Crippen molar-refractivity contribution in [2.45, 2.75) is 26.8 Å². The van der Waals surface area contributed by atoms with Gasteiger partial charge >= 0.3 is 5.97 Å². The van der Waals surface area contributed by atoms with Gasteiger partial charge in [-0.05, 0) is 30.8 Å². The van der Waals surface area contributed by atoms with Crippen LogP contribution in [-0.4, -0.2) is 35.0 Å². The Balaban J connectivity index is 0.00000361. The van der Waals surface area contributed by atoms with Gasteiger partial charge < -0.3 is 10.4 Å². The molecule has 0 radical (unpaired) electrons. The van der Waals surface area contributed by atoms with E-state index in [2.05, 4.69) is 5.32 Å². The monoisotopic (exact) mass is 300 g/mol. The lowest BCUT2D eigenvalue weighted by Crippen LogP contribution is -2.33. The lowest BCUT2D eigenvalue weighted by atomic mass is 10.0. The van der Waals surface area contributed by atoms with Crippen LogP contribution in [0.5, 0.6) is 0 Å². The summed E-state index contributed by atoms with van der Waals surface area (Å²) >= 11 is 0. The second kappa shape index (κ2) is 8.55. The summed E-state index contributed by atoms with van der Waals surface area (Å²) in [6.07, 6.45) is 0. The van der Waals surface area contributed by atoms with E-state index in [9.17, 15) is 14.7 Å². The number of carboxylic acids is 1. The molecule has 0 spiro atoms. The van der Waals surface area contributed by atoms with Crippen LogP contribution in [-0.2, 0) is 9.59 Å². The van der Waals surface area contributed by atoms with Crippen LogP contribution in [0.4, 0.5) is 5.69 Å². The highest BCUT2D eigenvalue weighted by Crippen LogP contribution is 2.22. The number of nitrogens with one attached hydrogen (secondary N) is 1. The van der Waals surface area contributed by atoms with Crippen molar-refractivity contribution in [1.82, 2.24) is 4.90 Å². The Morgan fingerprint density at radius 2 is 1.70 bits per heavy atom. The normalized spacial score (nSPS) is 11.6. The number of amides is 1. The molecule has 1 unspecified atom stereocenters. The third-order valence-corrected chi connectivity index (χ3v) is 2.96. The number of nitrogens with zero attached hydrogens (tertiary/aromatic N) is 1. The van der Waals surface area contributed by atoms with E-state index in [4.69, 9.17) is 0 Å². The number of hydrogen-bond acceptors (Lipinski definition) is 3. The van der Waals surface area contributed by atoms with E-state index in [1.165, 1.54) is 6.92 Å². The average Bonchev–Trinajstić information content (AvgIpc) is 2.36. The minimum atomic E-state index is -0.865. The predicted molar refractivity (Wildman–Crippen MR) is 81.3 cm³/mol. The first kappa shape index (κ1) is 18.4. The highest BCUT2D eigenvalue weighted by Gasteiger charge is 2.25. The maximum Gasteiger partial charge on any atom is 0.325 e. The standard InChI is InChI=1S/C14H20N2O3.ClH/c1-4-16(5-2)13(14(18)19)11-6-8-12(9-7-11)15-10(3)17;/h6-9,13H,4-5H2,1-3H3,(H,15,17)(H,18,19);1H. The fourth-order valence-electron chi connectivity index (χ4n) is 2.05. The van der Waals surface area contributed by atoms with Gasteiger partial charge in [-0.2, -0.15) is 0 Å². The summed E-state index contributed by atoms with van der Waals surface area (Å²) in [4.78, 5) is 24.2. The maximum atomic E-state index is 11.4. The lowest BCUT2D eigenvalue weighted by Gasteiger charge is -2.26. The molecule has 1 amide bonds. The van der Waals surface area contributed by atoms with Gasteiger partial charge in [0.05, 0.1) is 0 Å². The maximum absolute atomic E-state index is 11.4. The Bertz CT molecular complexity index is 444. The van der Waals surface area contributed by atoms with Gasteiger partial charge in [-0.3, -0.25) is 14.5 Å². The molecular formula is C14H21ClN2O3. The molecule has 0 heterocycles. The van der Waals surface area contributed by atoms with Gasteiger partial charge in [0.2, 0.25) is 5.91 Å². The first-order chi connectivity index (χ1) is 8.99. The predicted octanol–water partition coefficient (Wildman–Crippen LogP) is 2.53. The molecular weight excluding hydrogens is 280 g/mol. The van der Waals surface area contributed by atoms with Crippen molar-refractivity contribution < 1.29 is 14.7 Å². The summed E-state index contributed by atoms with van der Waals surface area (Å²) in [6, 6.07) is 6.26. The second-order valence-electron chi connectivity index (χ2n) is 4.27. The second-order valence-corrected chi connectivity index (χ2v) is 4.27. The number of aliphatic carboxylic acids is 1. The minimum Gasteiger partial charge on any atom is -0.480 e. The molecule has 5 nitrogen and oxygen atoms in total. The Morgan fingerprint density at radius 3 is 2.05 bits per heavy atom. The van der Waals surface area contributed by atoms with Gasteiger partial charge in [0.15, 0.2) is 0 Å². The summed E-state index contributed by atoms with van der Waals surface area (Å²) in [6.45, 7) is 6.64. The minimum absolute atomic E-state index is 0. The van der Waals surface area contributed by atoms with Crippen molar-refractivity contribution in [2.24, 2.45) is 0 Å². The summed E-state index contributed by atoms with van der Waals surface area (Å²) in [5, 5.41) is 12.0. The number of anilines is 1. The van der Waals surface area contributed by atoms with Crippen molar-refractivity contribution >= 4 is 30.0 Å². The molecule has 1 rings (SSSR count). The van der Waals surface area contributed by atoms with Crippen LogP contribution in [0, 0.1) is 0 Å². The third kappa shape index (κ3) is 4.83. The van der Waals surface area contributed by atoms with E-state index in [1.807, 2.05) is 18.7 Å². The number of carboxylic acid groups (broad SMARTS) is 1. The number of hydrogen-bond donors (Lipinski definition) is 2. The lowest BCUT2D eigenvalue weighted by molar-refractivity contribution is -0.143. The number of carbonyl (C=O) groups is 2. The van der Waals surface area contributed by atoms with Crippen molar-refractivity contribution in [2.75, 3.05) is 18.4 Å².